The zero-order chi connectivity index (χ0) is 39.8. The van der Waals surface area contributed by atoms with Crippen molar-refractivity contribution in [3.8, 4) is 56.4 Å². The van der Waals surface area contributed by atoms with Gasteiger partial charge in [0.25, 0.3) is 0 Å². The van der Waals surface area contributed by atoms with Crippen LogP contribution < -0.4 is 0 Å². The summed E-state index contributed by atoms with van der Waals surface area (Å²) in [6, 6.07) is 41.5. The van der Waals surface area contributed by atoms with Crippen molar-refractivity contribution in [2.45, 2.75) is 0 Å². The third kappa shape index (κ3) is 5.22. The van der Waals surface area contributed by atoms with Crippen molar-refractivity contribution in [1.29, 1.82) is 0 Å². The molecule has 0 atom stereocenters. The lowest BCUT2D eigenvalue weighted by molar-refractivity contribution is 0.669. The van der Waals surface area contributed by atoms with E-state index < -0.39 is 30.2 Å². The Labute approximate surface area is 304 Å². The first kappa shape index (κ1) is 22.7. The molecule has 0 N–H and O–H groups in total. The van der Waals surface area contributed by atoms with Crippen molar-refractivity contribution < 1.29 is 14.0 Å². The quantitative estimate of drug-likeness (QED) is 0.185. The molecule has 238 valence electrons. The molecule has 0 radical (unpaired) electrons. The molecular formula is C47H29N3O. The Morgan fingerprint density at radius 1 is 0.392 bits per heavy atom. The Morgan fingerprint density at radius 2 is 1.00 bits per heavy atom. The Hall–Kier alpha value is -6.91. The number of para-hydroxylation sites is 1. The van der Waals surface area contributed by atoms with Crippen molar-refractivity contribution in [3.05, 3.63) is 176 Å². The van der Waals surface area contributed by atoms with Crippen molar-refractivity contribution in [3.63, 3.8) is 0 Å². The van der Waals surface area contributed by atoms with E-state index in [0.29, 0.717) is 11.1 Å². The summed E-state index contributed by atoms with van der Waals surface area (Å²) in [7, 11) is 0. The van der Waals surface area contributed by atoms with Crippen LogP contribution >= 0.6 is 0 Å². The van der Waals surface area contributed by atoms with E-state index in [4.69, 9.17) is 26.2 Å². The van der Waals surface area contributed by atoms with Gasteiger partial charge in [-0.15, -0.1) is 0 Å². The minimum Gasteiger partial charge on any atom is -0.456 e. The van der Waals surface area contributed by atoms with Crippen LogP contribution in [0.2, 0.25) is 0 Å². The standard InChI is InChI=1S/C47H29N3O/c1-3-11-30(12-4-1)32-19-20-34-26-36(22-21-33(34)25-32)45-48-46(37-23-24-44-42(28-37)40-17-9-10-18-43(40)51-44)50-47(49-45)38-27-35-15-7-8-16-39(35)41(29-38)31-13-5-2-6-14-31/h1-29H/i9D,10D,17D,18D,23D,24D,28D. The first-order chi connectivity index (χ1) is 28.2. The van der Waals surface area contributed by atoms with Crippen LogP contribution in [0.5, 0.6) is 0 Å². The fraction of sp³-hybridized carbons (Fsp3) is 0. The van der Waals surface area contributed by atoms with E-state index in [-0.39, 0.29) is 57.1 Å². The minimum absolute atomic E-state index is 0.0153. The lowest BCUT2D eigenvalue weighted by atomic mass is 9.95. The average molecular weight is 659 g/mol. The monoisotopic (exact) mass is 658 g/mol. The lowest BCUT2D eigenvalue weighted by Crippen LogP contribution is -2.00. The summed E-state index contributed by atoms with van der Waals surface area (Å²) in [6.07, 6.45) is 0. The van der Waals surface area contributed by atoms with E-state index in [9.17, 15) is 2.74 Å². The third-order valence-electron chi connectivity index (χ3n) is 9.15. The normalized spacial score (nSPS) is 13.5. The van der Waals surface area contributed by atoms with Crippen LogP contribution in [-0.4, -0.2) is 15.0 Å². The molecule has 4 heteroatoms. The summed E-state index contributed by atoms with van der Waals surface area (Å²) in [4.78, 5) is 14.9. The van der Waals surface area contributed by atoms with Crippen molar-refractivity contribution in [2.24, 2.45) is 0 Å². The van der Waals surface area contributed by atoms with E-state index in [1.165, 1.54) is 0 Å². The van der Waals surface area contributed by atoms with Crippen molar-refractivity contribution in [1.82, 2.24) is 15.0 Å². The highest BCUT2D eigenvalue weighted by atomic mass is 16.3. The molecule has 2 aromatic heterocycles. The van der Waals surface area contributed by atoms with Crippen LogP contribution in [0, 0.1) is 0 Å². The summed E-state index contributed by atoms with van der Waals surface area (Å²) in [6.45, 7) is 0. The molecule has 0 saturated heterocycles. The fourth-order valence-electron chi connectivity index (χ4n) is 6.65. The van der Waals surface area contributed by atoms with Crippen molar-refractivity contribution >= 4 is 43.5 Å². The Kier molecular flexibility index (Phi) is 5.29. The zero-order valence-corrected chi connectivity index (χ0v) is 27.0. The molecule has 10 rings (SSSR count). The first-order valence-corrected chi connectivity index (χ1v) is 16.5. The molecule has 0 aliphatic carbocycles. The number of furan rings is 1. The maximum absolute atomic E-state index is 9.49. The molecule has 10 aromatic rings. The van der Waals surface area contributed by atoms with E-state index in [1.807, 2.05) is 97.1 Å². The number of nitrogens with zero attached hydrogens (tertiary/aromatic N) is 3. The van der Waals surface area contributed by atoms with Gasteiger partial charge in [-0.25, -0.2) is 15.0 Å². The zero-order valence-electron chi connectivity index (χ0n) is 34.0. The maximum Gasteiger partial charge on any atom is 0.164 e. The van der Waals surface area contributed by atoms with Gasteiger partial charge in [0.05, 0.1) is 9.60 Å². The number of aromatic nitrogens is 3. The third-order valence-corrected chi connectivity index (χ3v) is 9.15. The molecule has 0 fully saturated rings. The second-order valence-corrected chi connectivity index (χ2v) is 12.3. The topological polar surface area (TPSA) is 51.8 Å². The molecule has 0 saturated carbocycles. The van der Waals surface area contributed by atoms with Crippen LogP contribution in [0.15, 0.2) is 180 Å². The predicted molar refractivity (Wildman–Crippen MR) is 209 cm³/mol. The van der Waals surface area contributed by atoms with Gasteiger partial charge < -0.3 is 4.42 Å². The lowest BCUT2D eigenvalue weighted by Gasteiger charge is -2.13. The van der Waals surface area contributed by atoms with Gasteiger partial charge in [0, 0.05) is 27.5 Å². The molecule has 2 heterocycles. The van der Waals surface area contributed by atoms with Crippen LogP contribution in [0.1, 0.15) is 9.60 Å². The number of hydrogen-bond donors (Lipinski definition) is 0. The highest BCUT2D eigenvalue weighted by Crippen LogP contribution is 2.36. The van der Waals surface area contributed by atoms with Gasteiger partial charge in [-0.05, 0) is 92.2 Å². The molecule has 0 bridgehead atoms. The highest BCUT2D eigenvalue weighted by molar-refractivity contribution is 6.06. The van der Waals surface area contributed by atoms with Crippen LogP contribution in [-0.2, 0) is 0 Å². The Balaban J connectivity index is 1.24. The molecule has 0 spiro atoms. The SMILES string of the molecule is [2H]c1c([2H])c([2H])c2c(oc3c([2H])c([2H])c(-c4nc(-c5ccc6cc(-c7ccccc7)ccc6c5)nc(-c5cc(-c6ccccc6)c6ccccc6c5)n4)c([2H])c32)c1[2H]. The Bertz CT molecular complexity index is 3320. The van der Waals surface area contributed by atoms with Gasteiger partial charge >= 0.3 is 0 Å². The van der Waals surface area contributed by atoms with Gasteiger partial charge in [0.1, 0.15) is 11.2 Å². The summed E-state index contributed by atoms with van der Waals surface area (Å²) in [5.74, 6) is 0.536. The van der Waals surface area contributed by atoms with Gasteiger partial charge in [-0.1, -0.05) is 127 Å². The second-order valence-electron chi connectivity index (χ2n) is 12.3. The first-order valence-electron chi connectivity index (χ1n) is 20.0. The van der Waals surface area contributed by atoms with Gasteiger partial charge in [0.2, 0.25) is 0 Å². The molecule has 0 unspecified atom stereocenters. The number of rotatable bonds is 5. The smallest absolute Gasteiger partial charge is 0.164 e. The largest absolute Gasteiger partial charge is 0.456 e. The molecule has 0 aliphatic rings. The summed E-state index contributed by atoms with van der Waals surface area (Å²) in [5.41, 5.74) is 5.04. The number of hydrogen-bond acceptors (Lipinski definition) is 4. The van der Waals surface area contributed by atoms with Gasteiger partial charge in [-0.3, -0.25) is 0 Å². The number of fused-ring (bicyclic) bond motifs is 5. The summed E-state index contributed by atoms with van der Waals surface area (Å²) >= 11 is 0. The second kappa shape index (κ2) is 11.9. The predicted octanol–water partition coefficient (Wildman–Crippen LogP) is 12.4. The van der Waals surface area contributed by atoms with Gasteiger partial charge in [0.15, 0.2) is 17.5 Å². The molecular weight excluding hydrogens is 623 g/mol. The Morgan fingerprint density at radius 3 is 1.80 bits per heavy atom. The van der Waals surface area contributed by atoms with Gasteiger partial charge in [-0.2, -0.15) is 0 Å². The van der Waals surface area contributed by atoms with Crippen LogP contribution in [0.4, 0.5) is 0 Å². The van der Waals surface area contributed by atoms with E-state index in [0.717, 1.165) is 43.8 Å². The summed E-state index contributed by atoms with van der Waals surface area (Å²) < 4.78 is 67.3. The molecule has 51 heavy (non-hydrogen) atoms. The highest BCUT2D eigenvalue weighted by Gasteiger charge is 2.17. The summed E-state index contributed by atoms with van der Waals surface area (Å²) in [5, 5.41) is 3.91. The van der Waals surface area contributed by atoms with Crippen LogP contribution in [0.3, 0.4) is 0 Å². The fourth-order valence-corrected chi connectivity index (χ4v) is 6.65. The van der Waals surface area contributed by atoms with E-state index >= 15 is 0 Å². The maximum atomic E-state index is 9.49. The molecule has 8 aromatic carbocycles. The average Bonchev–Trinajstić information content (AvgIpc) is 3.68. The molecule has 0 aliphatic heterocycles. The van der Waals surface area contributed by atoms with Crippen LogP contribution in [0.25, 0.3) is 99.9 Å². The minimum atomic E-state index is -0.496. The van der Waals surface area contributed by atoms with E-state index in [1.54, 1.807) is 0 Å². The number of benzene rings is 8. The molecule has 0 amide bonds. The van der Waals surface area contributed by atoms with Crippen molar-refractivity contribution in [2.75, 3.05) is 0 Å². The van der Waals surface area contributed by atoms with E-state index in [2.05, 4.69) is 36.4 Å². The molecule has 4 nitrogen and oxygen atoms in total.